The Morgan fingerprint density at radius 2 is 2.09 bits per heavy atom. The number of nitrogens with zero attached hydrogens (tertiary/aromatic N) is 4. The molecule has 5 nitrogen and oxygen atoms in total. The van der Waals surface area contributed by atoms with Gasteiger partial charge in [-0.3, -0.25) is 14.4 Å². The number of hydrogen-bond donors (Lipinski definition) is 0. The van der Waals surface area contributed by atoms with Crippen molar-refractivity contribution in [2.24, 2.45) is 0 Å². The number of carbonyl (C=O) groups excluding carboxylic acids is 1. The highest BCUT2D eigenvalue weighted by Crippen LogP contribution is 2.29. The Kier molecular flexibility index (Phi) is 4.79. The molecule has 1 unspecified atom stereocenters. The van der Waals surface area contributed by atoms with E-state index in [-0.39, 0.29) is 5.91 Å². The van der Waals surface area contributed by atoms with Crippen LogP contribution in [0.3, 0.4) is 0 Å². The van der Waals surface area contributed by atoms with Gasteiger partial charge in [0, 0.05) is 29.9 Å². The Balaban J connectivity index is 2.29. The fourth-order valence-corrected chi connectivity index (χ4v) is 3.16. The summed E-state index contributed by atoms with van der Waals surface area (Å²) in [6.07, 6.45) is -2.77. The van der Waals surface area contributed by atoms with Crippen LogP contribution in [-0.2, 0) is 11.3 Å². The van der Waals surface area contributed by atoms with Gasteiger partial charge in [0.25, 0.3) is 0 Å². The molecule has 0 aromatic carbocycles. The van der Waals surface area contributed by atoms with Gasteiger partial charge >= 0.3 is 6.18 Å². The maximum absolute atomic E-state index is 12.6. The maximum atomic E-state index is 12.6. The summed E-state index contributed by atoms with van der Waals surface area (Å²) in [4.78, 5) is 18.1. The molecular formula is C14H17F3N4OS. The average molecular weight is 346 g/mol. The van der Waals surface area contributed by atoms with Gasteiger partial charge in [-0.25, -0.2) is 4.98 Å². The topological polar surface area (TPSA) is 51.0 Å². The van der Waals surface area contributed by atoms with Crippen LogP contribution in [0.2, 0.25) is 0 Å². The normalized spacial score (nSPS) is 13.2. The average Bonchev–Trinajstić information content (AvgIpc) is 3.05. The van der Waals surface area contributed by atoms with Gasteiger partial charge in [0.05, 0.1) is 11.6 Å². The zero-order valence-corrected chi connectivity index (χ0v) is 14.0. The Morgan fingerprint density at radius 1 is 1.43 bits per heavy atom. The number of aromatic nitrogens is 3. The molecule has 0 aliphatic carbocycles. The third kappa shape index (κ3) is 3.72. The number of halogens is 3. The first-order chi connectivity index (χ1) is 10.6. The van der Waals surface area contributed by atoms with Crippen LogP contribution >= 0.6 is 11.3 Å². The van der Waals surface area contributed by atoms with E-state index in [1.165, 1.54) is 16.2 Å². The molecule has 23 heavy (non-hydrogen) atoms. The SMILES string of the molecule is Cc1nn(CC(F)(F)F)c(C)c1C(C)C(=O)N(C)c1nccs1. The molecule has 0 N–H and O–H groups in total. The van der Waals surface area contributed by atoms with Gasteiger partial charge in [0.2, 0.25) is 5.91 Å². The quantitative estimate of drug-likeness (QED) is 0.854. The van der Waals surface area contributed by atoms with Crippen molar-refractivity contribution < 1.29 is 18.0 Å². The van der Waals surface area contributed by atoms with Gasteiger partial charge in [0.15, 0.2) is 5.13 Å². The molecule has 0 saturated carbocycles. The summed E-state index contributed by atoms with van der Waals surface area (Å²) in [7, 11) is 1.60. The third-order valence-corrected chi connectivity index (χ3v) is 4.45. The molecule has 0 saturated heterocycles. The van der Waals surface area contributed by atoms with E-state index in [0.29, 0.717) is 22.1 Å². The lowest BCUT2D eigenvalue weighted by Gasteiger charge is -2.19. The van der Waals surface area contributed by atoms with Crippen molar-refractivity contribution in [3.8, 4) is 0 Å². The standard InChI is InChI=1S/C14H17F3N4OS/c1-8(12(22)20(4)13-18-5-6-23-13)11-9(2)19-21(10(11)3)7-14(15,16)17/h5-6,8H,7H2,1-4H3. The first kappa shape index (κ1) is 17.5. The fraction of sp³-hybridized carbons (Fsp3) is 0.500. The highest BCUT2D eigenvalue weighted by Gasteiger charge is 2.32. The third-order valence-electron chi connectivity index (χ3n) is 3.61. The minimum absolute atomic E-state index is 0.238. The molecule has 2 heterocycles. The minimum atomic E-state index is -4.36. The van der Waals surface area contributed by atoms with E-state index in [9.17, 15) is 18.0 Å². The van der Waals surface area contributed by atoms with Gasteiger partial charge in [0.1, 0.15) is 6.54 Å². The molecule has 126 valence electrons. The lowest BCUT2D eigenvalue weighted by atomic mass is 9.98. The number of amides is 1. The Labute approximate surface area is 135 Å². The summed E-state index contributed by atoms with van der Waals surface area (Å²) in [5, 5.41) is 6.23. The highest BCUT2D eigenvalue weighted by atomic mass is 32.1. The van der Waals surface area contributed by atoms with Crippen LogP contribution < -0.4 is 4.90 Å². The highest BCUT2D eigenvalue weighted by molar-refractivity contribution is 7.13. The Hall–Kier alpha value is -1.90. The molecule has 0 aliphatic heterocycles. The molecule has 0 spiro atoms. The van der Waals surface area contributed by atoms with Crippen molar-refractivity contribution >= 4 is 22.4 Å². The largest absolute Gasteiger partial charge is 0.408 e. The maximum Gasteiger partial charge on any atom is 0.408 e. The molecule has 9 heteroatoms. The number of rotatable bonds is 4. The second-order valence-electron chi connectivity index (χ2n) is 5.29. The van der Waals surface area contributed by atoms with E-state index in [1.807, 2.05) is 0 Å². The zero-order valence-electron chi connectivity index (χ0n) is 13.2. The van der Waals surface area contributed by atoms with E-state index < -0.39 is 18.6 Å². The van der Waals surface area contributed by atoms with Crippen molar-refractivity contribution in [1.29, 1.82) is 0 Å². The van der Waals surface area contributed by atoms with Crippen molar-refractivity contribution in [2.75, 3.05) is 11.9 Å². The number of carbonyl (C=O) groups is 1. The summed E-state index contributed by atoms with van der Waals surface area (Å²) in [6.45, 7) is 3.67. The van der Waals surface area contributed by atoms with Crippen LogP contribution in [0.15, 0.2) is 11.6 Å². The summed E-state index contributed by atoms with van der Waals surface area (Å²) >= 11 is 1.32. The first-order valence-corrected chi connectivity index (χ1v) is 7.77. The van der Waals surface area contributed by atoms with Crippen LogP contribution in [0.1, 0.15) is 29.8 Å². The fourth-order valence-electron chi connectivity index (χ4n) is 2.55. The second kappa shape index (κ2) is 6.31. The smallest absolute Gasteiger partial charge is 0.291 e. The lowest BCUT2D eigenvalue weighted by Crippen LogP contribution is -2.30. The van der Waals surface area contributed by atoms with Gasteiger partial charge < -0.3 is 0 Å². The van der Waals surface area contributed by atoms with Crippen molar-refractivity contribution in [3.63, 3.8) is 0 Å². The molecule has 2 aromatic rings. The van der Waals surface area contributed by atoms with Gasteiger partial charge in [-0.05, 0) is 20.8 Å². The second-order valence-corrected chi connectivity index (χ2v) is 6.16. The zero-order chi connectivity index (χ0) is 17.4. The van der Waals surface area contributed by atoms with Crippen LogP contribution in [0.5, 0.6) is 0 Å². The van der Waals surface area contributed by atoms with Gasteiger partial charge in [-0.1, -0.05) is 0 Å². The minimum Gasteiger partial charge on any atom is -0.291 e. The predicted molar refractivity (Wildman–Crippen MR) is 81.7 cm³/mol. The molecule has 0 aliphatic rings. The van der Waals surface area contributed by atoms with E-state index in [0.717, 1.165) is 4.68 Å². The molecular weight excluding hydrogens is 329 g/mol. The molecule has 1 atom stereocenters. The monoisotopic (exact) mass is 346 g/mol. The Morgan fingerprint density at radius 3 is 2.61 bits per heavy atom. The summed E-state index contributed by atoms with van der Waals surface area (Å²) < 4.78 is 38.7. The van der Waals surface area contributed by atoms with Crippen molar-refractivity contribution in [2.45, 2.75) is 39.4 Å². The number of aryl methyl sites for hydroxylation is 1. The number of anilines is 1. The van der Waals surface area contributed by atoms with E-state index in [2.05, 4.69) is 10.1 Å². The Bertz CT molecular complexity index is 694. The van der Waals surface area contributed by atoms with E-state index in [4.69, 9.17) is 0 Å². The number of thiazole rings is 1. The summed E-state index contributed by atoms with van der Waals surface area (Å²) in [6, 6.07) is 0. The van der Waals surface area contributed by atoms with Crippen LogP contribution in [0, 0.1) is 13.8 Å². The number of hydrogen-bond acceptors (Lipinski definition) is 4. The van der Waals surface area contributed by atoms with E-state index in [1.54, 1.807) is 39.4 Å². The number of alkyl halides is 3. The predicted octanol–water partition coefficient (Wildman–Crippen LogP) is 3.29. The summed E-state index contributed by atoms with van der Waals surface area (Å²) in [5.41, 5.74) is 1.32. The molecule has 0 fully saturated rings. The molecule has 1 amide bonds. The first-order valence-electron chi connectivity index (χ1n) is 6.89. The molecule has 2 aromatic heterocycles. The molecule has 2 rings (SSSR count). The van der Waals surface area contributed by atoms with Crippen molar-refractivity contribution in [1.82, 2.24) is 14.8 Å². The van der Waals surface area contributed by atoms with E-state index >= 15 is 0 Å². The van der Waals surface area contributed by atoms with Crippen LogP contribution in [0.4, 0.5) is 18.3 Å². The van der Waals surface area contributed by atoms with Crippen molar-refractivity contribution in [3.05, 3.63) is 28.5 Å². The number of likely N-dealkylation sites (N-methyl/N-ethyl adjacent to an activating group) is 1. The summed E-state index contributed by atoms with van der Waals surface area (Å²) in [5.74, 6) is -0.844. The van der Waals surface area contributed by atoms with Crippen LogP contribution in [-0.4, -0.2) is 33.9 Å². The molecule has 0 bridgehead atoms. The molecule has 0 radical (unpaired) electrons. The lowest BCUT2D eigenvalue weighted by molar-refractivity contribution is -0.142. The van der Waals surface area contributed by atoms with Gasteiger partial charge in [-0.15, -0.1) is 11.3 Å². The van der Waals surface area contributed by atoms with Gasteiger partial charge in [-0.2, -0.15) is 18.3 Å². The van der Waals surface area contributed by atoms with Crippen LogP contribution in [0.25, 0.3) is 0 Å².